The number of aliphatic hydroxyl groups is 1. The van der Waals surface area contributed by atoms with Gasteiger partial charge in [0.05, 0.1) is 11.1 Å². The summed E-state index contributed by atoms with van der Waals surface area (Å²) in [6.45, 7) is 7.09. The van der Waals surface area contributed by atoms with E-state index in [1.54, 1.807) is 25.6 Å². The minimum Gasteiger partial charge on any atom is -0.388 e. The van der Waals surface area contributed by atoms with Crippen LogP contribution < -0.4 is 5.32 Å². The third-order valence-electron chi connectivity index (χ3n) is 3.54. The average Bonchev–Trinajstić information content (AvgIpc) is 2.34. The van der Waals surface area contributed by atoms with E-state index in [2.05, 4.69) is 17.4 Å². The quantitative estimate of drug-likeness (QED) is 0.600. The van der Waals surface area contributed by atoms with Crippen molar-refractivity contribution in [2.24, 2.45) is 0 Å². The van der Waals surface area contributed by atoms with Gasteiger partial charge in [-0.2, -0.15) is 0 Å². The van der Waals surface area contributed by atoms with Crippen LogP contribution in [0.4, 0.5) is 0 Å². The van der Waals surface area contributed by atoms with Crippen molar-refractivity contribution in [2.45, 2.75) is 56.6 Å². The lowest BCUT2D eigenvalue weighted by Crippen LogP contribution is -2.57. The fourth-order valence-corrected chi connectivity index (χ4v) is 2.38. The first-order valence-corrected chi connectivity index (χ1v) is 7.92. The maximum absolute atomic E-state index is 11.9. The summed E-state index contributed by atoms with van der Waals surface area (Å²) in [7, 11) is 0. The highest BCUT2D eigenvalue weighted by Crippen LogP contribution is 2.21. The number of carbonyl (C=O) groups is 1. The fraction of sp³-hybridized carbons (Fsp3) is 0.562. The second-order valence-electron chi connectivity index (χ2n) is 6.00. The molecular weight excluding hydrogens is 270 g/mol. The standard InChI is InChI=1S/C16H25NO2S/c1-15(2,16(3,4)19)17-14(18)11-8-12-20-13-9-6-5-7-10-13/h5-7,9-10,19H,8,11-12H2,1-4H3,(H,17,18). The summed E-state index contributed by atoms with van der Waals surface area (Å²) in [6, 6.07) is 10.2. The fourth-order valence-electron chi connectivity index (χ4n) is 1.50. The van der Waals surface area contributed by atoms with Gasteiger partial charge in [0.15, 0.2) is 0 Å². The van der Waals surface area contributed by atoms with E-state index in [-0.39, 0.29) is 5.91 Å². The van der Waals surface area contributed by atoms with Gasteiger partial charge in [-0.1, -0.05) is 18.2 Å². The largest absolute Gasteiger partial charge is 0.388 e. The number of carbonyl (C=O) groups excluding carboxylic acids is 1. The summed E-state index contributed by atoms with van der Waals surface area (Å²) < 4.78 is 0. The lowest BCUT2D eigenvalue weighted by atomic mass is 9.86. The van der Waals surface area contributed by atoms with Crippen LogP contribution in [0.3, 0.4) is 0 Å². The molecule has 2 N–H and O–H groups in total. The molecule has 0 bridgehead atoms. The van der Waals surface area contributed by atoms with Crippen molar-refractivity contribution in [1.82, 2.24) is 5.32 Å². The van der Waals surface area contributed by atoms with Gasteiger partial charge in [-0.05, 0) is 52.0 Å². The Hall–Kier alpha value is -1.00. The van der Waals surface area contributed by atoms with Crippen LogP contribution in [0.25, 0.3) is 0 Å². The molecule has 0 spiro atoms. The molecule has 0 unspecified atom stereocenters. The van der Waals surface area contributed by atoms with Crippen molar-refractivity contribution in [2.75, 3.05) is 5.75 Å². The number of thioether (sulfide) groups is 1. The number of rotatable bonds is 7. The zero-order valence-electron chi connectivity index (χ0n) is 12.8. The third-order valence-corrected chi connectivity index (χ3v) is 4.64. The lowest BCUT2D eigenvalue weighted by molar-refractivity contribution is -0.126. The molecule has 4 heteroatoms. The number of hydrogen-bond donors (Lipinski definition) is 2. The van der Waals surface area contributed by atoms with E-state index in [1.807, 2.05) is 32.0 Å². The number of nitrogens with one attached hydrogen (secondary N) is 1. The van der Waals surface area contributed by atoms with E-state index in [0.29, 0.717) is 6.42 Å². The molecule has 112 valence electrons. The molecule has 1 aromatic carbocycles. The van der Waals surface area contributed by atoms with E-state index in [9.17, 15) is 9.90 Å². The van der Waals surface area contributed by atoms with Crippen LogP contribution in [0.5, 0.6) is 0 Å². The second-order valence-corrected chi connectivity index (χ2v) is 7.17. The van der Waals surface area contributed by atoms with Crippen LogP contribution >= 0.6 is 11.8 Å². The summed E-state index contributed by atoms with van der Waals surface area (Å²) in [5, 5.41) is 12.9. The van der Waals surface area contributed by atoms with Gasteiger partial charge >= 0.3 is 0 Å². The number of benzene rings is 1. The van der Waals surface area contributed by atoms with Gasteiger partial charge in [0.25, 0.3) is 0 Å². The van der Waals surface area contributed by atoms with Crippen molar-refractivity contribution in [3.05, 3.63) is 30.3 Å². The van der Waals surface area contributed by atoms with Crippen LogP contribution in [0.15, 0.2) is 35.2 Å². The third kappa shape index (κ3) is 5.55. The average molecular weight is 295 g/mol. The van der Waals surface area contributed by atoms with Crippen LogP contribution in [0.1, 0.15) is 40.5 Å². The lowest BCUT2D eigenvalue weighted by Gasteiger charge is -2.38. The molecule has 0 aliphatic heterocycles. The van der Waals surface area contributed by atoms with Gasteiger partial charge in [-0.3, -0.25) is 4.79 Å². The van der Waals surface area contributed by atoms with Gasteiger partial charge in [-0.25, -0.2) is 0 Å². The van der Waals surface area contributed by atoms with Crippen LogP contribution in [0.2, 0.25) is 0 Å². The van der Waals surface area contributed by atoms with Crippen LogP contribution in [0, 0.1) is 0 Å². The van der Waals surface area contributed by atoms with Crippen molar-refractivity contribution in [3.63, 3.8) is 0 Å². The molecular formula is C16H25NO2S. The zero-order valence-corrected chi connectivity index (χ0v) is 13.6. The molecule has 0 saturated carbocycles. The summed E-state index contributed by atoms with van der Waals surface area (Å²) >= 11 is 1.76. The van der Waals surface area contributed by atoms with E-state index in [0.717, 1.165) is 12.2 Å². The molecule has 3 nitrogen and oxygen atoms in total. The maximum Gasteiger partial charge on any atom is 0.220 e. The van der Waals surface area contributed by atoms with Gasteiger partial charge in [0.1, 0.15) is 0 Å². The summed E-state index contributed by atoms with van der Waals surface area (Å²) in [5.74, 6) is 0.909. The molecule has 0 aliphatic rings. The Labute approximate surface area is 126 Å². The molecule has 1 rings (SSSR count). The van der Waals surface area contributed by atoms with Crippen LogP contribution in [-0.4, -0.2) is 27.9 Å². The molecule has 1 amide bonds. The molecule has 0 saturated heterocycles. The van der Waals surface area contributed by atoms with Crippen molar-refractivity contribution in [3.8, 4) is 0 Å². The van der Waals surface area contributed by atoms with E-state index in [4.69, 9.17) is 0 Å². The molecule has 0 fully saturated rings. The van der Waals surface area contributed by atoms with Crippen molar-refractivity contribution >= 4 is 17.7 Å². The normalized spacial score (nSPS) is 12.2. The highest BCUT2D eigenvalue weighted by molar-refractivity contribution is 7.99. The minimum absolute atomic E-state index is 0.00853. The second kappa shape index (κ2) is 7.14. The Morgan fingerprint density at radius 2 is 1.80 bits per heavy atom. The first kappa shape index (κ1) is 17.1. The molecule has 0 radical (unpaired) electrons. The maximum atomic E-state index is 11.9. The summed E-state index contributed by atoms with van der Waals surface area (Å²) in [6.07, 6.45) is 1.31. The van der Waals surface area contributed by atoms with Crippen molar-refractivity contribution in [1.29, 1.82) is 0 Å². The van der Waals surface area contributed by atoms with E-state index in [1.165, 1.54) is 4.90 Å². The first-order chi connectivity index (χ1) is 9.22. The molecule has 1 aromatic rings. The van der Waals surface area contributed by atoms with E-state index >= 15 is 0 Å². The first-order valence-electron chi connectivity index (χ1n) is 6.93. The van der Waals surface area contributed by atoms with Gasteiger partial charge < -0.3 is 10.4 Å². The Kier molecular flexibility index (Phi) is 6.08. The smallest absolute Gasteiger partial charge is 0.220 e. The SMILES string of the molecule is CC(C)(O)C(C)(C)NC(=O)CCCSc1ccccc1. The molecule has 0 aliphatic carbocycles. The predicted molar refractivity (Wildman–Crippen MR) is 84.9 cm³/mol. The summed E-state index contributed by atoms with van der Waals surface area (Å²) in [5.41, 5.74) is -1.57. The molecule has 20 heavy (non-hydrogen) atoms. The Morgan fingerprint density at radius 1 is 1.20 bits per heavy atom. The Balaban J connectivity index is 2.27. The monoisotopic (exact) mass is 295 g/mol. The minimum atomic E-state index is -0.943. The zero-order chi connectivity index (χ0) is 15.2. The van der Waals surface area contributed by atoms with Gasteiger partial charge in [0.2, 0.25) is 5.91 Å². The van der Waals surface area contributed by atoms with Crippen LogP contribution in [-0.2, 0) is 4.79 Å². The molecule has 0 aromatic heterocycles. The number of amides is 1. The Bertz CT molecular complexity index is 424. The number of hydrogen-bond acceptors (Lipinski definition) is 3. The van der Waals surface area contributed by atoms with E-state index < -0.39 is 11.1 Å². The Morgan fingerprint density at radius 3 is 2.35 bits per heavy atom. The summed E-state index contributed by atoms with van der Waals surface area (Å²) in [4.78, 5) is 13.1. The predicted octanol–water partition coefficient (Wildman–Crippen LogP) is 3.22. The highest BCUT2D eigenvalue weighted by atomic mass is 32.2. The highest BCUT2D eigenvalue weighted by Gasteiger charge is 2.35. The molecule has 0 atom stereocenters. The van der Waals surface area contributed by atoms with Crippen molar-refractivity contribution < 1.29 is 9.90 Å². The topological polar surface area (TPSA) is 49.3 Å². The van der Waals surface area contributed by atoms with Gasteiger partial charge in [0, 0.05) is 11.3 Å². The molecule has 0 heterocycles. The van der Waals surface area contributed by atoms with Gasteiger partial charge in [-0.15, -0.1) is 11.8 Å².